The highest BCUT2D eigenvalue weighted by molar-refractivity contribution is 9.09. The van der Waals surface area contributed by atoms with Crippen LogP contribution in [-0.2, 0) is 0 Å². The first-order valence-corrected chi connectivity index (χ1v) is 4.32. The van der Waals surface area contributed by atoms with Gasteiger partial charge in [0, 0.05) is 11.8 Å². The van der Waals surface area contributed by atoms with Crippen molar-refractivity contribution in [3.8, 4) is 11.8 Å². The summed E-state index contributed by atoms with van der Waals surface area (Å²) in [5.41, 5.74) is 5.92. The summed E-state index contributed by atoms with van der Waals surface area (Å²) in [7, 11) is 0. The van der Waals surface area contributed by atoms with E-state index < -0.39 is 5.95 Å². The Kier molecular flexibility index (Phi) is 3.06. The second-order valence-electron chi connectivity index (χ2n) is 2.04. The minimum Gasteiger partial charge on any atom is -0.395 e. The summed E-state index contributed by atoms with van der Waals surface area (Å²) >= 11 is 3.14. The van der Waals surface area contributed by atoms with Crippen LogP contribution in [0.15, 0.2) is 12.3 Å². The summed E-state index contributed by atoms with van der Waals surface area (Å²) < 4.78 is 12.5. The third-order valence-corrected chi connectivity index (χ3v) is 1.45. The number of anilines is 1. The molecule has 1 aromatic rings. The molecule has 0 saturated carbocycles. The molecule has 2 nitrogen and oxygen atoms in total. The second kappa shape index (κ2) is 4.07. The molecule has 0 radical (unpaired) electrons. The molecule has 0 aliphatic rings. The van der Waals surface area contributed by atoms with E-state index in [9.17, 15) is 4.39 Å². The van der Waals surface area contributed by atoms with Gasteiger partial charge in [0.25, 0.3) is 0 Å². The van der Waals surface area contributed by atoms with Crippen molar-refractivity contribution in [2.75, 3.05) is 11.1 Å². The quantitative estimate of drug-likeness (QED) is 0.416. The van der Waals surface area contributed by atoms with E-state index >= 15 is 0 Å². The molecular formula is C8H6BrFN2. The van der Waals surface area contributed by atoms with Crippen molar-refractivity contribution in [3.05, 3.63) is 23.8 Å². The first-order chi connectivity index (χ1) is 5.74. The number of halogens is 2. The van der Waals surface area contributed by atoms with Crippen LogP contribution in [0.3, 0.4) is 0 Å². The van der Waals surface area contributed by atoms with Crippen LogP contribution in [0, 0.1) is 17.8 Å². The highest BCUT2D eigenvalue weighted by atomic mass is 79.9. The van der Waals surface area contributed by atoms with Crippen LogP contribution < -0.4 is 5.73 Å². The van der Waals surface area contributed by atoms with Crippen LogP contribution in [-0.4, -0.2) is 10.3 Å². The summed E-state index contributed by atoms with van der Waals surface area (Å²) in [5, 5.41) is 0.574. The Hall–Kier alpha value is -1.08. The van der Waals surface area contributed by atoms with Gasteiger partial charge in [-0.2, -0.15) is 4.39 Å². The molecule has 2 N–H and O–H groups in total. The van der Waals surface area contributed by atoms with Crippen molar-refractivity contribution in [1.82, 2.24) is 4.98 Å². The SMILES string of the molecule is Nc1cc(C#CCBr)cnc1F. The highest BCUT2D eigenvalue weighted by Gasteiger charge is 1.97. The van der Waals surface area contributed by atoms with Crippen molar-refractivity contribution in [2.45, 2.75) is 0 Å². The Balaban J connectivity index is 2.97. The fraction of sp³-hybridized carbons (Fsp3) is 0.125. The van der Waals surface area contributed by atoms with E-state index in [0.717, 1.165) is 0 Å². The maximum atomic E-state index is 12.5. The van der Waals surface area contributed by atoms with Gasteiger partial charge in [0.1, 0.15) is 0 Å². The third-order valence-electron chi connectivity index (χ3n) is 1.17. The molecule has 0 aliphatic carbocycles. The number of nitrogens with zero attached hydrogens (tertiary/aromatic N) is 1. The topological polar surface area (TPSA) is 38.9 Å². The summed E-state index contributed by atoms with van der Waals surface area (Å²) in [6, 6.07) is 1.46. The molecule has 0 atom stereocenters. The van der Waals surface area contributed by atoms with Gasteiger partial charge in [0.2, 0.25) is 5.95 Å². The Labute approximate surface area is 78.1 Å². The minimum atomic E-state index is -0.653. The molecule has 0 aliphatic heterocycles. The first kappa shape index (κ1) is 9.01. The van der Waals surface area contributed by atoms with Gasteiger partial charge in [-0.05, 0) is 6.07 Å². The average Bonchev–Trinajstić information content (AvgIpc) is 2.07. The molecule has 0 bridgehead atoms. The van der Waals surface area contributed by atoms with Gasteiger partial charge in [-0.3, -0.25) is 0 Å². The van der Waals surface area contributed by atoms with Gasteiger partial charge >= 0.3 is 0 Å². The van der Waals surface area contributed by atoms with Crippen LogP contribution in [0.4, 0.5) is 10.1 Å². The van der Waals surface area contributed by atoms with E-state index in [4.69, 9.17) is 5.73 Å². The van der Waals surface area contributed by atoms with Crippen LogP contribution in [0.1, 0.15) is 5.56 Å². The second-order valence-corrected chi connectivity index (χ2v) is 2.60. The Bertz CT molecular complexity index is 341. The largest absolute Gasteiger partial charge is 0.395 e. The molecule has 0 amide bonds. The molecule has 0 spiro atoms. The zero-order valence-electron chi connectivity index (χ0n) is 6.14. The zero-order chi connectivity index (χ0) is 8.97. The number of nitrogen functional groups attached to an aromatic ring is 1. The molecular weight excluding hydrogens is 223 g/mol. The normalized spacial score (nSPS) is 8.83. The lowest BCUT2D eigenvalue weighted by Gasteiger charge is -1.94. The molecule has 0 saturated heterocycles. The number of rotatable bonds is 0. The van der Waals surface area contributed by atoms with Crippen molar-refractivity contribution in [3.63, 3.8) is 0 Å². The van der Waals surface area contributed by atoms with E-state index in [-0.39, 0.29) is 5.69 Å². The van der Waals surface area contributed by atoms with E-state index in [1.165, 1.54) is 12.3 Å². The smallest absolute Gasteiger partial charge is 0.236 e. The van der Waals surface area contributed by atoms with E-state index in [0.29, 0.717) is 10.9 Å². The Morgan fingerprint density at radius 2 is 2.42 bits per heavy atom. The van der Waals surface area contributed by atoms with Crippen LogP contribution in [0.25, 0.3) is 0 Å². The summed E-state index contributed by atoms with van der Waals surface area (Å²) in [6.45, 7) is 0. The van der Waals surface area contributed by atoms with Gasteiger partial charge < -0.3 is 5.73 Å². The van der Waals surface area contributed by atoms with Crippen molar-refractivity contribution in [2.24, 2.45) is 0 Å². The van der Waals surface area contributed by atoms with Gasteiger partial charge in [0.15, 0.2) is 0 Å². The molecule has 0 fully saturated rings. The lowest BCUT2D eigenvalue weighted by atomic mass is 10.3. The molecule has 12 heavy (non-hydrogen) atoms. The van der Waals surface area contributed by atoms with Crippen LogP contribution in [0.5, 0.6) is 0 Å². The summed E-state index contributed by atoms with van der Waals surface area (Å²) in [4.78, 5) is 3.42. The maximum absolute atomic E-state index is 12.5. The van der Waals surface area contributed by atoms with Crippen molar-refractivity contribution >= 4 is 21.6 Å². The number of pyridine rings is 1. The molecule has 1 rings (SSSR count). The van der Waals surface area contributed by atoms with Crippen molar-refractivity contribution in [1.29, 1.82) is 0 Å². The van der Waals surface area contributed by atoms with Gasteiger partial charge in [-0.25, -0.2) is 4.98 Å². The molecule has 0 unspecified atom stereocenters. The third kappa shape index (κ3) is 2.21. The number of hydrogen-bond donors (Lipinski definition) is 1. The lowest BCUT2D eigenvalue weighted by Crippen LogP contribution is -1.94. The maximum Gasteiger partial charge on any atom is 0.236 e. The molecule has 4 heteroatoms. The van der Waals surface area contributed by atoms with Gasteiger partial charge in [-0.15, -0.1) is 0 Å². The molecule has 62 valence electrons. The lowest BCUT2D eigenvalue weighted by molar-refractivity contribution is 0.588. The molecule has 0 aromatic carbocycles. The van der Waals surface area contributed by atoms with Gasteiger partial charge in [-0.1, -0.05) is 27.8 Å². The number of alkyl halides is 1. The average molecular weight is 229 g/mol. The number of hydrogen-bond acceptors (Lipinski definition) is 2. The predicted molar refractivity (Wildman–Crippen MR) is 49.3 cm³/mol. The Morgan fingerprint density at radius 1 is 1.67 bits per heavy atom. The predicted octanol–water partition coefficient (Wildman–Crippen LogP) is 1.55. The monoisotopic (exact) mass is 228 g/mol. The fourth-order valence-electron chi connectivity index (χ4n) is 0.669. The van der Waals surface area contributed by atoms with E-state index in [2.05, 4.69) is 32.8 Å². The minimum absolute atomic E-state index is 0.0244. The fourth-order valence-corrected chi connectivity index (χ4v) is 0.809. The van der Waals surface area contributed by atoms with E-state index in [1.807, 2.05) is 0 Å². The Morgan fingerprint density at radius 3 is 3.00 bits per heavy atom. The van der Waals surface area contributed by atoms with Gasteiger partial charge in [0.05, 0.1) is 11.0 Å². The number of nitrogens with two attached hydrogens (primary N) is 1. The zero-order valence-corrected chi connectivity index (χ0v) is 7.73. The molecule has 1 aromatic heterocycles. The summed E-state index contributed by atoms with van der Waals surface area (Å²) in [5.74, 6) is 4.86. The van der Waals surface area contributed by atoms with Crippen molar-refractivity contribution < 1.29 is 4.39 Å². The summed E-state index contributed by atoms with van der Waals surface area (Å²) in [6.07, 6.45) is 1.35. The highest BCUT2D eigenvalue weighted by Crippen LogP contribution is 2.07. The number of aromatic nitrogens is 1. The van der Waals surface area contributed by atoms with Crippen LogP contribution in [0.2, 0.25) is 0 Å². The van der Waals surface area contributed by atoms with E-state index in [1.54, 1.807) is 0 Å². The molecule has 1 heterocycles. The standard InChI is InChI=1S/C8H6BrFN2/c9-3-1-2-6-4-7(11)8(10)12-5-6/h4-5H,3,11H2. The first-order valence-electron chi connectivity index (χ1n) is 3.20. The van der Waals surface area contributed by atoms with Crippen LogP contribution >= 0.6 is 15.9 Å².